The van der Waals surface area contributed by atoms with Crippen LogP contribution >= 0.6 is 11.3 Å². The van der Waals surface area contributed by atoms with E-state index in [-0.39, 0.29) is 30.8 Å². The Kier molecular flexibility index (Phi) is 5.40. The molecule has 2 aromatic heterocycles. The van der Waals surface area contributed by atoms with Crippen LogP contribution in [0, 0.1) is 5.92 Å². The van der Waals surface area contributed by atoms with Crippen molar-refractivity contribution in [3.8, 4) is 0 Å². The standard InChI is InChI=1S/C17H17FN2O4S/c1-2-24-17(22)14-19-15(21)13-11(9-25-16(13)20-14)8-23-7-10-3-5-12(18)6-4-10/h3,5-6,9-10H,2,4,7-8H2,1H3,(H,19,20,21). The highest BCUT2D eigenvalue weighted by Gasteiger charge is 2.16. The zero-order valence-corrected chi connectivity index (χ0v) is 14.4. The number of thiophene rings is 1. The molecule has 1 atom stereocenters. The van der Waals surface area contributed by atoms with Crippen LogP contribution in [0.2, 0.25) is 0 Å². The van der Waals surface area contributed by atoms with Gasteiger partial charge in [-0.05, 0) is 30.9 Å². The summed E-state index contributed by atoms with van der Waals surface area (Å²) in [4.78, 5) is 31.1. The molecule has 3 rings (SSSR count). The van der Waals surface area contributed by atoms with Crippen LogP contribution in [0.15, 0.2) is 34.2 Å². The summed E-state index contributed by atoms with van der Waals surface area (Å²) in [6.45, 7) is 2.57. The van der Waals surface area contributed by atoms with Crippen LogP contribution in [0.4, 0.5) is 4.39 Å². The SMILES string of the molecule is CCOC(=O)c1nc2scc(COCC3C=CC(F)=CC3)c2c(=O)[nH]1. The van der Waals surface area contributed by atoms with Crippen molar-refractivity contribution in [3.05, 3.63) is 51.2 Å². The highest BCUT2D eigenvalue weighted by molar-refractivity contribution is 7.16. The topological polar surface area (TPSA) is 81.3 Å². The molecule has 0 bridgehead atoms. The maximum atomic E-state index is 12.9. The van der Waals surface area contributed by atoms with Gasteiger partial charge in [-0.1, -0.05) is 6.08 Å². The fourth-order valence-electron chi connectivity index (χ4n) is 2.49. The molecule has 2 heterocycles. The predicted octanol–water partition coefficient (Wildman–Crippen LogP) is 3.11. The Labute approximate surface area is 147 Å². The van der Waals surface area contributed by atoms with Crippen LogP contribution in [-0.2, 0) is 16.1 Å². The van der Waals surface area contributed by atoms with Crippen molar-refractivity contribution in [1.29, 1.82) is 0 Å². The van der Waals surface area contributed by atoms with Gasteiger partial charge in [0.25, 0.3) is 5.56 Å². The van der Waals surface area contributed by atoms with Crippen LogP contribution in [0.25, 0.3) is 10.2 Å². The molecule has 1 aliphatic rings. The minimum absolute atomic E-state index is 0.102. The van der Waals surface area contributed by atoms with Crippen molar-refractivity contribution >= 4 is 27.5 Å². The van der Waals surface area contributed by atoms with Gasteiger partial charge >= 0.3 is 5.97 Å². The molecule has 1 unspecified atom stereocenters. The molecule has 25 heavy (non-hydrogen) atoms. The van der Waals surface area contributed by atoms with Crippen molar-refractivity contribution in [3.63, 3.8) is 0 Å². The van der Waals surface area contributed by atoms with Crippen molar-refractivity contribution in [2.24, 2.45) is 5.92 Å². The Balaban J connectivity index is 1.70. The highest BCUT2D eigenvalue weighted by atomic mass is 32.1. The van der Waals surface area contributed by atoms with Crippen LogP contribution in [0.3, 0.4) is 0 Å². The summed E-state index contributed by atoms with van der Waals surface area (Å²) in [6.07, 6.45) is 5.33. The number of nitrogens with one attached hydrogen (secondary N) is 1. The summed E-state index contributed by atoms with van der Waals surface area (Å²) >= 11 is 1.27. The first-order valence-corrected chi connectivity index (χ1v) is 8.75. The largest absolute Gasteiger partial charge is 0.460 e. The molecule has 8 heteroatoms. The molecule has 1 aliphatic carbocycles. The van der Waals surface area contributed by atoms with E-state index in [1.165, 1.54) is 23.5 Å². The average Bonchev–Trinajstić information content (AvgIpc) is 3.00. The third-order valence-electron chi connectivity index (χ3n) is 3.72. The summed E-state index contributed by atoms with van der Waals surface area (Å²) in [5, 5.41) is 2.21. The van der Waals surface area contributed by atoms with E-state index < -0.39 is 11.5 Å². The van der Waals surface area contributed by atoms with Crippen LogP contribution in [0.1, 0.15) is 29.5 Å². The third-order valence-corrected chi connectivity index (χ3v) is 4.64. The van der Waals surface area contributed by atoms with Crippen molar-refractivity contribution in [2.75, 3.05) is 13.2 Å². The fraction of sp³-hybridized carbons (Fsp3) is 0.353. The molecule has 0 spiro atoms. The smallest absolute Gasteiger partial charge is 0.374 e. The van der Waals surface area contributed by atoms with Crippen molar-refractivity contribution < 1.29 is 18.7 Å². The van der Waals surface area contributed by atoms with Gasteiger partial charge in [0.05, 0.1) is 25.2 Å². The zero-order valence-electron chi connectivity index (χ0n) is 13.6. The lowest BCUT2D eigenvalue weighted by atomic mass is 10.0. The Morgan fingerprint density at radius 2 is 2.36 bits per heavy atom. The lowest BCUT2D eigenvalue weighted by Gasteiger charge is -2.13. The second-order valence-corrected chi connectivity index (χ2v) is 6.39. The summed E-state index contributed by atoms with van der Waals surface area (Å²) in [5.41, 5.74) is 0.321. The average molecular weight is 364 g/mol. The summed E-state index contributed by atoms with van der Waals surface area (Å²) in [5.74, 6) is -0.863. The summed E-state index contributed by atoms with van der Waals surface area (Å²) in [7, 11) is 0. The van der Waals surface area contributed by atoms with Gasteiger partial charge in [-0.2, -0.15) is 0 Å². The highest BCUT2D eigenvalue weighted by Crippen LogP contribution is 2.23. The lowest BCUT2D eigenvalue weighted by Crippen LogP contribution is -2.18. The van der Waals surface area contributed by atoms with Crippen molar-refractivity contribution in [2.45, 2.75) is 20.0 Å². The molecule has 1 N–H and O–H groups in total. The summed E-state index contributed by atoms with van der Waals surface area (Å²) in [6, 6.07) is 0. The zero-order chi connectivity index (χ0) is 17.8. The molecule has 2 aromatic rings. The number of carbonyl (C=O) groups excluding carboxylic acids is 1. The van der Waals surface area contributed by atoms with E-state index in [9.17, 15) is 14.0 Å². The molecule has 0 aliphatic heterocycles. The van der Waals surface area contributed by atoms with Crippen LogP contribution in [-0.4, -0.2) is 29.2 Å². The second kappa shape index (κ2) is 7.71. The molecule has 0 radical (unpaired) electrons. The number of aromatic nitrogens is 2. The van der Waals surface area contributed by atoms with Gasteiger partial charge < -0.3 is 14.5 Å². The van der Waals surface area contributed by atoms with Crippen LogP contribution in [0.5, 0.6) is 0 Å². The van der Waals surface area contributed by atoms with Crippen molar-refractivity contribution in [1.82, 2.24) is 9.97 Å². The molecule has 0 saturated carbocycles. The second-order valence-electron chi connectivity index (χ2n) is 5.54. The first-order chi connectivity index (χ1) is 12.1. The molecule has 0 aromatic carbocycles. The molecule has 0 amide bonds. The Morgan fingerprint density at radius 1 is 1.52 bits per heavy atom. The van der Waals surface area contributed by atoms with Gasteiger partial charge in [0.1, 0.15) is 10.7 Å². The number of hydrogen-bond donors (Lipinski definition) is 1. The molecule has 0 saturated heterocycles. The lowest BCUT2D eigenvalue weighted by molar-refractivity contribution is 0.0512. The van der Waals surface area contributed by atoms with E-state index in [1.807, 2.05) is 0 Å². The van der Waals surface area contributed by atoms with E-state index in [1.54, 1.807) is 18.4 Å². The van der Waals surface area contributed by atoms with Gasteiger partial charge in [0.2, 0.25) is 5.82 Å². The van der Waals surface area contributed by atoms with Gasteiger partial charge in [-0.25, -0.2) is 14.2 Å². The minimum atomic E-state index is -0.655. The number of aromatic amines is 1. The van der Waals surface area contributed by atoms with E-state index in [2.05, 4.69) is 9.97 Å². The van der Waals surface area contributed by atoms with E-state index >= 15 is 0 Å². The van der Waals surface area contributed by atoms with E-state index in [0.717, 1.165) is 0 Å². The number of carbonyl (C=O) groups is 1. The number of nitrogens with zero attached hydrogens (tertiary/aromatic N) is 1. The number of halogens is 1. The Bertz CT molecular complexity index is 900. The number of hydrogen-bond acceptors (Lipinski definition) is 6. The summed E-state index contributed by atoms with van der Waals surface area (Å²) < 4.78 is 23.4. The number of ether oxygens (including phenoxy) is 2. The molecule has 0 fully saturated rings. The monoisotopic (exact) mass is 364 g/mol. The van der Waals surface area contributed by atoms with Gasteiger partial charge in [-0.15, -0.1) is 11.3 Å². The van der Waals surface area contributed by atoms with Gasteiger partial charge in [0.15, 0.2) is 0 Å². The quantitative estimate of drug-likeness (QED) is 0.797. The third kappa shape index (κ3) is 4.02. The number of allylic oxidation sites excluding steroid dienone is 3. The Morgan fingerprint density at radius 3 is 3.08 bits per heavy atom. The number of fused-ring (bicyclic) bond motifs is 1. The Hall–Kier alpha value is -2.32. The first-order valence-electron chi connectivity index (χ1n) is 7.87. The minimum Gasteiger partial charge on any atom is -0.460 e. The van der Waals surface area contributed by atoms with E-state index in [4.69, 9.17) is 9.47 Å². The van der Waals surface area contributed by atoms with E-state index in [0.29, 0.717) is 28.8 Å². The number of rotatable bonds is 6. The van der Waals surface area contributed by atoms with Gasteiger partial charge in [0, 0.05) is 11.5 Å². The number of H-pyrrole nitrogens is 1. The van der Waals surface area contributed by atoms with Crippen LogP contribution < -0.4 is 5.56 Å². The molecule has 6 nitrogen and oxygen atoms in total. The predicted molar refractivity (Wildman–Crippen MR) is 92.3 cm³/mol. The number of esters is 1. The normalized spacial score (nSPS) is 16.9. The molecule has 132 valence electrons. The maximum Gasteiger partial charge on any atom is 0.374 e. The fourth-order valence-corrected chi connectivity index (χ4v) is 3.42. The first kappa shape index (κ1) is 17.5. The maximum absolute atomic E-state index is 12.9. The molecular weight excluding hydrogens is 347 g/mol. The van der Waals surface area contributed by atoms with Gasteiger partial charge in [-0.3, -0.25) is 4.79 Å². The molecular formula is C17H17FN2O4S.